The molecule has 0 saturated carbocycles. The molecule has 2 heterocycles. The Kier molecular flexibility index (Phi) is 8.42. The Labute approximate surface area is 342 Å². The van der Waals surface area contributed by atoms with Crippen molar-refractivity contribution in [3.05, 3.63) is 205 Å². The molecule has 10 rings (SSSR count). The Morgan fingerprint density at radius 1 is 0.441 bits per heavy atom. The number of rotatable bonds is 5. The van der Waals surface area contributed by atoms with Crippen molar-refractivity contribution in [1.29, 1.82) is 10.5 Å². The lowest BCUT2D eigenvalue weighted by Crippen LogP contribution is -2.46. The van der Waals surface area contributed by atoms with Crippen LogP contribution in [-0.4, -0.2) is 0 Å². The van der Waals surface area contributed by atoms with Crippen LogP contribution in [0.3, 0.4) is 0 Å². The van der Waals surface area contributed by atoms with Gasteiger partial charge in [0, 0.05) is 31.8 Å². The SMILES string of the molecule is [C-]#[N+]c1cccc(-c2ccc3c(c2)P(=O)(c2ccccc2)c2cc(-c4cccc(C#N)c4)cc4c2N3c2ccc(-c3cccc(C#N)c3)cc2P4(=O)c2ccccc2)c1. The summed E-state index contributed by atoms with van der Waals surface area (Å²) in [5.74, 6) is 0. The van der Waals surface area contributed by atoms with Gasteiger partial charge in [0.15, 0.2) is 20.0 Å². The molecule has 2 atom stereocenters. The molecular formula is C51H30N4O2P2. The van der Waals surface area contributed by atoms with Gasteiger partial charge in [-0.25, -0.2) is 4.85 Å². The van der Waals surface area contributed by atoms with Crippen LogP contribution in [0.2, 0.25) is 0 Å². The van der Waals surface area contributed by atoms with Gasteiger partial charge >= 0.3 is 0 Å². The molecule has 0 fully saturated rings. The first kappa shape index (κ1) is 35.9. The van der Waals surface area contributed by atoms with E-state index < -0.39 is 14.3 Å². The topological polar surface area (TPSA) is 89.3 Å². The molecule has 59 heavy (non-hydrogen) atoms. The largest absolute Gasteiger partial charge is 0.308 e. The van der Waals surface area contributed by atoms with Crippen LogP contribution in [0, 0.1) is 29.2 Å². The van der Waals surface area contributed by atoms with Crippen molar-refractivity contribution in [2.24, 2.45) is 0 Å². The molecule has 2 unspecified atom stereocenters. The summed E-state index contributed by atoms with van der Waals surface area (Å²) in [5.41, 5.74) is 8.20. The highest BCUT2D eigenvalue weighted by atomic mass is 31.2. The zero-order valence-electron chi connectivity index (χ0n) is 31.3. The zero-order valence-corrected chi connectivity index (χ0v) is 33.1. The molecule has 6 nitrogen and oxygen atoms in total. The van der Waals surface area contributed by atoms with E-state index in [1.54, 1.807) is 18.2 Å². The van der Waals surface area contributed by atoms with Crippen LogP contribution in [0.5, 0.6) is 0 Å². The van der Waals surface area contributed by atoms with Gasteiger partial charge in [0.05, 0.1) is 46.9 Å². The molecule has 0 spiro atoms. The van der Waals surface area contributed by atoms with Gasteiger partial charge < -0.3 is 14.0 Å². The van der Waals surface area contributed by atoms with E-state index in [-0.39, 0.29) is 0 Å². The molecular weight excluding hydrogens is 763 g/mol. The van der Waals surface area contributed by atoms with Gasteiger partial charge in [-0.1, -0.05) is 115 Å². The average molecular weight is 793 g/mol. The van der Waals surface area contributed by atoms with Gasteiger partial charge in [-0.05, 0) is 100 Å². The summed E-state index contributed by atoms with van der Waals surface area (Å²) < 4.78 is 33.7. The highest BCUT2D eigenvalue weighted by molar-refractivity contribution is 7.88. The second-order valence-electron chi connectivity index (χ2n) is 14.5. The van der Waals surface area contributed by atoms with E-state index in [4.69, 9.17) is 6.57 Å². The molecule has 0 aliphatic carbocycles. The van der Waals surface area contributed by atoms with Gasteiger partial charge in [0.1, 0.15) is 0 Å². The summed E-state index contributed by atoms with van der Waals surface area (Å²) in [6.45, 7) is 7.68. The van der Waals surface area contributed by atoms with Crippen molar-refractivity contribution in [3.63, 3.8) is 0 Å². The minimum absolute atomic E-state index is 0.471. The standard InChI is InChI=1S/C51H30N4O2P2/c1-54-42-16-10-15-38(27-42)40-22-24-46-48(29-40)59(57,44-19-6-3-7-20-44)50-31-41(37-14-9-12-35(26-37)33-53)30-49-51(50)55(46)45-23-21-39(36-13-8-11-34(25-36)32-52)28-47(45)58(49,56)43-17-4-2-5-18-43/h2-31H. The van der Waals surface area contributed by atoms with Crippen LogP contribution in [0.15, 0.2) is 182 Å². The third-order valence-corrected chi connectivity index (χ3v) is 17.4. The second kappa shape index (κ2) is 13.9. The number of anilines is 3. The van der Waals surface area contributed by atoms with E-state index >= 15 is 9.13 Å². The average Bonchev–Trinajstić information content (AvgIpc) is 3.31. The smallest absolute Gasteiger partial charge is 0.187 e. The molecule has 0 bridgehead atoms. The van der Waals surface area contributed by atoms with Crippen molar-refractivity contribution in [1.82, 2.24) is 0 Å². The van der Waals surface area contributed by atoms with Crippen LogP contribution < -0.4 is 36.7 Å². The fourth-order valence-corrected chi connectivity index (χ4v) is 14.7. The lowest BCUT2D eigenvalue weighted by Gasteiger charge is -2.45. The lowest BCUT2D eigenvalue weighted by atomic mass is 10.0. The Morgan fingerprint density at radius 2 is 0.864 bits per heavy atom. The number of nitriles is 2. The highest BCUT2D eigenvalue weighted by Gasteiger charge is 2.50. The molecule has 0 amide bonds. The van der Waals surface area contributed by atoms with Crippen molar-refractivity contribution < 1.29 is 9.13 Å². The first-order chi connectivity index (χ1) is 28.8. The van der Waals surface area contributed by atoms with Crippen molar-refractivity contribution in [2.75, 3.05) is 4.90 Å². The normalized spacial score (nSPS) is 17.0. The van der Waals surface area contributed by atoms with E-state index in [0.717, 1.165) is 27.8 Å². The third kappa shape index (κ3) is 5.53. The van der Waals surface area contributed by atoms with E-state index in [2.05, 4.69) is 21.9 Å². The molecule has 0 radical (unpaired) electrons. The van der Waals surface area contributed by atoms with E-state index in [0.29, 0.717) is 71.3 Å². The fraction of sp³-hybridized carbons (Fsp3) is 0. The summed E-state index contributed by atoms with van der Waals surface area (Å²) in [4.78, 5) is 5.79. The first-order valence-electron chi connectivity index (χ1n) is 18.9. The second-order valence-corrected chi connectivity index (χ2v) is 19.9. The maximum Gasteiger partial charge on any atom is 0.187 e. The Hall–Kier alpha value is -7.51. The van der Waals surface area contributed by atoms with E-state index in [9.17, 15) is 10.5 Å². The Balaban J connectivity index is 1.36. The molecule has 2 aliphatic heterocycles. The number of benzene rings is 8. The predicted molar refractivity (Wildman–Crippen MR) is 239 cm³/mol. The van der Waals surface area contributed by atoms with Crippen molar-refractivity contribution >= 4 is 68.9 Å². The summed E-state index contributed by atoms with van der Waals surface area (Å²) in [6.07, 6.45) is 0. The number of hydrogen-bond donors (Lipinski definition) is 0. The predicted octanol–water partition coefficient (Wildman–Crippen LogP) is 10.4. The van der Waals surface area contributed by atoms with E-state index in [1.807, 2.05) is 164 Å². The van der Waals surface area contributed by atoms with Crippen molar-refractivity contribution in [2.45, 2.75) is 0 Å². The number of nitrogens with zero attached hydrogens (tertiary/aromatic N) is 4. The minimum Gasteiger partial charge on any atom is -0.308 e. The third-order valence-electron chi connectivity index (χ3n) is 11.3. The van der Waals surface area contributed by atoms with Gasteiger partial charge in [-0.15, -0.1) is 0 Å². The maximum atomic E-state index is 16.8. The van der Waals surface area contributed by atoms with Gasteiger partial charge in [-0.2, -0.15) is 10.5 Å². The van der Waals surface area contributed by atoms with Crippen molar-refractivity contribution in [3.8, 4) is 45.5 Å². The maximum absolute atomic E-state index is 16.8. The fourth-order valence-electron chi connectivity index (χ4n) is 8.52. The minimum atomic E-state index is -3.77. The zero-order chi connectivity index (χ0) is 40.3. The summed E-state index contributed by atoms with van der Waals surface area (Å²) in [5, 5.41) is 23.3. The molecule has 0 saturated heterocycles. The molecule has 276 valence electrons. The Bertz CT molecular complexity index is 3100. The number of hydrogen-bond acceptors (Lipinski definition) is 5. The molecule has 8 aromatic carbocycles. The monoisotopic (exact) mass is 792 g/mol. The quantitative estimate of drug-likeness (QED) is 0.128. The molecule has 8 heteroatoms. The molecule has 2 aliphatic rings. The Morgan fingerprint density at radius 3 is 1.34 bits per heavy atom. The van der Waals surface area contributed by atoms with Crippen LogP contribution >= 0.6 is 14.3 Å². The van der Waals surface area contributed by atoms with Gasteiger partial charge in [0.25, 0.3) is 0 Å². The summed E-state index contributed by atoms with van der Waals surface area (Å²) >= 11 is 0. The van der Waals surface area contributed by atoms with Crippen LogP contribution in [-0.2, 0) is 9.13 Å². The molecule has 8 aromatic rings. The van der Waals surface area contributed by atoms with Gasteiger partial charge in [-0.3, -0.25) is 0 Å². The summed E-state index contributed by atoms with van der Waals surface area (Å²) in [7, 11) is -7.54. The van der Waals surface area contributed by atoms with Crippen LogP contribution in [0.25, 0.3) is 38.2 Å². The van der Waals surface area contributed by atoms with Crippen LogP contribution in [0.1, 0.15) is 11.1 Å². The lowest BCUT2D eigenvalue weighted by molar-refractivity contribution is 0.592. The molecule has 0 N–H and O–H groups in total. The van der Waals surface area contributed by atoms with Gasteiger partial charge in [0.2, 0.25) is 0 Å². The first-order valence-corrected chi connectivity index (χ1v) is 22.4. The molecule has 0 aromatic heterocycles. The summed E-state index contributed by atoms with van der Waals surface area (Å²) in [6, 6.07) is 61.5. The number of fused-ring (bicyclic) bond motifs is 4. The highest BCUT2D eigenvalue weighted by Crippen LogP contribution is 2.61. The van der Waals surface area contributed by atoms with Crippen LogP contribution in [0.4, 0.5) is 22.7 Å². The van der Waals surface area contributed by atoms with E-state index in [1.165, 1.54) is 0 Å².